The molecule has 2 aromatic rings. The van der Waals surface area contributed by atoms with Gasteiger partial charge in [0.25, 0.3) is 5.95 Å². The van der Waals surface area contributed by atoms with Gasteiger partial charge in [-0.05, 0) is 19.3 Å². The number of hydrogen-bond acceptors (Lipinski definition) is 9. The van der Waals surface area contributed by atoms with Crippen molar-refractivity contribution in [1.82, 2.24) is 29.7 Å². The number of aromatic nitrogens is 6. The van der Waals surface area contributed by atoms with Crippen LogP contribution in [0, 0.1) is 11.3 Å². The third-order valence-electron chi connectivity index (χ3n) is 5.02. The lowest BCUT2D eigenvalue weighted by molar-refractivity contribution is 0.390. The van der Waals surface area contributed by atoms with E-state index >= 15 is 0 Å². The molecule has 1 fully saturated rings. The Morgan fingerprint density at radius 1 is 1.14 bits per heavy atom. The van der Waals surface area contributed by atoms with Crippen LogP contribution >= 0.6 is 11.8 Å². The molecule has 0 unspecified atom stereocenters. The van der Waals surface area contributed by atoms with Crippen molar-refractivity contribution in [2.24, 2.45) is 0 Å². The summed E-state index contributed by atoms with van der Waals surface area (Å²) in [6.45, 7) is 2.21. The van der Waals surface area contributed by atoms with Gasteiger partial charge in [-0.1, -0.05) is 57.2 Å². The molecule has 1 aliphatic carbocycles. The Morgan fingerprint density at radius 2 is 1.93 bits per heavy atom. The van der Waals surface area contributed by atoms with Gasteiger partial charge in [0.2, 0.25) is 17.1 Å². The SMILES string of the molecule is CCCCCCSc1ncn(-c2nc(NC)nc(NC3(C#N)CCCCC3)n2)n1. The van der Waals surface area contributed by atoms with E-state index in [1.807, 2.05) is 0 Å². The molecule has 2 N–H and O–H groups in total. The molecule has 1 aliphatic rings. The first-order valence-electron chi connectivity index (χ1n) is 10.4. The van der Waals surface area contributed by atoms with E-state index in [0.29, 0.717) is 23.0 Å². The molecule has 29 heavy (non-hydrogen) atoms. The maximum Gasteiger partial charge on any atom is 0.258 e. The molecule has 0 bridgehead atoms. The van der Waals surface area contributed by atoms with Crippen molar-refractivity contribution in [2.75, 3.05) is 23.4 Å². The van der Waals surface area contributed by atoms with Gasteiger partial charge in [-0.25, -0.2) is 4.98 Å². The summed E-state index contributed by atoms with van der Waals surface area (Å²) in [5.74, 6) is 2.18. The summed E-state index contributed by atoms with van der Waals surface area (Å²) in [6.07, 6.45) is 11.3. The quantitative estimate of drug-likeness (QED) is 0.441. The fraction of sp³-hybridized carbons (Fsp3) is 0.684. The second-order valence-corrected chi connectivity index (χ2v) is 8.36. The number of nitrogens with zero attached hydrogens (tertiary/aromatic N) is 7. The van der Waals surface area contributed by atoms with Crippen molar-refractivity contribution >= 4 is 23.7 Å². The fourth-order valence-corrected chi connectivity index (χ4v) is 4.17. The number of rotatable bonds is 10. The summed E-state index contributed by atoms with van der Waals surface area (Å²) >= 11 is 1.64. The van der Waals surface area contributed by atoms with Gasteiger partial charge in [0.1, 0.15) is 11.9 Å². The largest absolute Gasteiger partial charge is 0.357 e. The third-order valence-corrected chi connectivity index (χ3v) is 5.96. The van der Waals surface area contributed by atoms with Gasteiger partial charge in [0.15, 0.2) is 0 Å². The predicted molar refractivity (Wildman–Crippen MR) is 114 cm³/mol. The smallest absolute Gasteiger partial charge is 0.258 e. The third kappa shape index (κ3) is 5.79. The molecular formula is C19H29N9S. The van der Waals surface area contributed by atoms with E-state index in [2.05, 4.69) is 48.7 Å². The van der Waals surface area contributed by atoms with E-state index in [4.69, 9.17) is 0 Å². The summed E-state index contributed by atoms with van der Waals surface area (Å²) < 4.78 is 1.56. The van der Waals surface area contributed by atoms with Crippen LogP contribution in [0.5, 0.6) is 0 Å². The zero-order valence-electron chi connectivity index (χ0n) is 17.2. The minimum atomic E-state index is -0.621. The van der Waals surface area contributed by atoms with Crippen molar-refractivity contribution < 1.29 is 0 Å². The van der Waals surface area contributed by atoms with Crippen LogP contribution in [-0.4, -0.2) is 48.1 Å². The van der Waals surface area contributed by atoms with Crippen LogP contribution in [0.4, 0.5) is 11.9 Å². The molecule has 0 saturated heterocycles. The van der Waals surface area contributed by atoms with Gasteiger partial charge in [-0.2, -0.15) is 24.9 Å². The second kappa shape index (κ2) is 10.4. The van der Waals surface area contributed by atoms with Gasteiger partial charge >= 0.3 is 0 Å². The predicted octanol–water partition coefficient (Wildman–Crippen LogP) is 3.80. The fourth-order valence-electron chi connectivity index (χ4n) is 3.37. The standard InChI is InChI=1S/C19H29N9S/c1-3-4-5-9-12-29-18-22-14-28(27-18)17-24-15(21-2)23-16(25-17)26-19(13-20)10-7-6-8-11-19/h14H,3-12H2,1-2H3,(H2,21,23,24,25,26). The molecule has 0 amide bonds. The lowest BCUT2D eigenvalue weighted by Gasteiger charge is -2.31. The summed E-state index contributed by atoms with van der Waals surface area (Å²) in [4.78, 5) is 17.6. The van der Waals surface area contributed by atoms with E-state index in [9.17, 15) is 5.26 Å². The van der Waals surface area contributed by atoms with Crippen molar-refractivity contribution in [3.63, 3.8) is 0 Å². The van der Waals surface area contributed by atoms with Crippen LogP contribution in [0.25, 0.3) is 5.95 Å². The lowest BCUT2D eigenvalue weighted by Crippen LogP contribution is -2.39. The molecule has 2 aromatic heterocycles. The minimum Gasteiger partial charge on any atom is -0.357 e. The molecule has 0 atom stereocenters. The molecule has 0 aromatic carbocycles. The van der Waals surface area contributed by atoms with Gasteiger partial charge in [-0.3, -0.25) is 0 Å². The summed E-state index contributed by atoms with van der Waals surface area (Å²) in [5, 5.41) is 21.1. The Kier molecular flexibility index (Phi) is 7.63. The van der Waals surface area contributed by atoms with Crippen molar-refractivity contribution in [3.8, 4) is 12.0 Å². The van der Waals surface area contributed by atoms with Gasteiger partial charge in [0, 0.05) is 12.8 Å². The highest BCUT2D eigenvalue weighted by molar-refractivity contribution is 7.99. The normalized spacial score (nSPS) is 15.6. The van der Waals surface area contributed by atoms with Crippen LogP contribution < -0.4 is 10.6 Å². The topological polar surface area (TPSA) is 117 Å². The molecule has 0 aliphatic heterocycles. The monoisotopic (exact) mass is 415 g/mol. The second-order valence-electron chi connectivity index (χ2n) is 7.29. The number of nitrogens with one attached hydrogen (secondary N) is 2. The van der Waals surface area contributed by atoms with Crippen molar-refractivity contribution in [2.45, 2.75) is 75.4 Å². The zero-order chi connectivity index (χ0) is 20.5. The van der Waals surface area contributed by atoms with E-state index in [1.165, 1.54) is 19.3 Å². The van der Waals surface area contributed by atoms with Crippen LogP contribution in [-0.2, 0) is 0 Å². The average Bonchev–Trinajstić information content (AvgIpc) is 3.23. The number of anilines is 2. The maximum atomic E-state index is 9.73. The van der Waals surface area contributed by atoms with E-state index in [-0.39, 0.29) is 0 Å². The van der Waals surface area contributed by atoms with Crippen molar-refractivity contribution in [3.05, 3.63) is 6.33 Å². The number of nitriles is 1. The molecule has 1 saturated carbocycles. The molecule has 9 nitrogen and oxygen atoms in total. The molecular weight excluding hydrogens is 386 g/mol. The highest BCUT2D eigenvalue weighted by atomic mass is 32.2. The summed E-state index contributed by atoms with van der Waals surface area (Å²) in [5.41, 5.74) is -0.621. The van der Waals surface area contributed by atoms with E-state index in [1.54, 1.807) is 29.8 Å². The average molecular weight is 416 g/mol. The molecule has 0 spiro atoms. The number of hydrogen-bond donors (Lipinski definition) is 2. The first-order valence-corrected chi connectivity index (χ1v) is 11.3. The highest BCUT2D eigenvalue weighted by Crippen LogP contribution is 2.30. The van der Waals surface area contributed by atoms with Gasteiger partial charge in [0.05, 0.1) is 6.07 Å². The van der Waals surface area contributed by atoms with E-state index < -0.39 is 5.54 Å². The first-order chi connectivity index (χ1) is 14.2. The maximum absolute atomic E-state index is 9.73. The minimum absolute atomic E-state index is 0.376. The molecule has 10 heteroatoms. The van der Waals surface area contributed by atoms with E-state index in [0.717, 1.165) is 44.3 Å². The Hall–Kier alpha value is -2.41. The van der Waals surface area contributed by atoms with Crippen molar-refractivity contribution in [1.29, 1.82) is 5.26 Å². The zero-order valence-corrected chi connectivity index (χ0v) is 18.0. The highest BCUT2D eigenvalue weighted by Gasteiger charge is 2.33. The Bertz CT molecular complexity index is 823. The summed E-state index contributed by atoms with van der Waals surface area (Å²) in [7, 11) is 1.75. The molecule has 3 rings (SSSR count). The Morgan fingerprint density at radius 3 is 2.66 bits per heavy atom. The summed E-state index contributed by atoms with van der Waals surface area (Å²) in [6, 6.07) is 2.43. The van der Waals surface area contributed by atoms with Crippen LogP contribution in [0.3, 0.4) is 0 Å². The van der Waals surface area contributed by atoms with Gasteiger partial charge < -0.3 is 10.6 Å². The molecule has 156 valence electrons. The first kappa shape index (κ1) is 21.3. The van der Waals surface area contributed by atoms with Gasteiger partial charge in [-0.15, -0.1) is 5.10 Å². The molecule has 2 heterocycles. The van der Waals surface area contributed by atoms with Crippen LogP contribution in [0.2, 0.25) is 0 Å². The number of thioether (sulfide) groups is 1. The number of unbranched alkanes of at least 4 members (excludes halogenated alkanes) is 3. The molecule has 0 radical (unpaired) electrons. The Labute approximate surface area is 176 Å². The van der Waals surface area contributed by atoms with Crippen LogP contribution in [0.1, 0.15) is 64.7 Å². The lowest BCUT2D eigenvalue weighted by atomic mass is 9.83. The Balaban J connectivity index is 1.73. The van der Waals surface area contributed by atoms with Crippen LogP contribution in [0.15, 0.2) is 11.5 Å².